The van der Waals surface area contributed by atoms with E-state index in [0.717, 1.165) is 16.9 Å². The van der Waals surface area contributed by atoms with Crippen LogP contribution in [-0.4, -0.2) is 19.7 Å². The molecule has 1 saturated carbocycles. The maximum Gasteiger partial charge on any atom is 0.0953 e. The molecule has 0 saturated heterocycles. The van der Waals surface area contributed by atoms with E-state index in [1.54, 1.807) is 0 Å². The number of likely N-dealkylation sites (N-methyl/N-ethyl adjacent to an activating group) is 1. The summed E-state index contributed by atoms with van der Waals surface area (Å²) < 4.78 is 7.54. The van der Waals surface area contributed by atoms with E-state index < -0.39 is 0 Å². The molecule has 0 bridgehead atoms. The average Bonchev–Trinajstić information content (AvgIpc) is 2.47. The summed E-state index contributed by atoms with van der Waals surface area (Å²) in [5.41, 5.74) is 1.26. The lowest BCUT2D eigenvalue weighted by Crippen LogP contribution is -2.28. The van der Waals surface area contributed by atoms with Gasteiger partial charge in [0.25, 0.3) is 0 Å². The van der Waals surface area contributed by atoms with Gasteiger partial charge in [0.1, 0.15) is 0 Å². The molecule has 20 heavy (non-hydrogen) atoms. The number of hydrogen-bond donors (Lipinski definition) is 1. The minimum Gasteiger partial charge on any atom is -0.369 e. The van der Waals surface area contributed by atoms with Gasteiger partial charge in [-0.15, -0.1) is 0 Å². The largest absolute Gasteiger partial charge is 0.369 e. The fraction of sp³-hybridized carbons (Fsp3) is 0.647. The summed E-state index contributed by atoms with van der Waals surface area (Å²) in [6.07, 6.45) is 6.99. The van der Waals surface area contributed by atoms with Crippen molar-refractivity contribution in [1.82, 2.24) is 5.32 Å². The van der Waals surface area contributed by atoms with E-state index in [2.05, 4.69) is 52.4 Å². The normalized spacial score (nSPS) is 24.6. The highest BCUT2D eigenvalue weighted by atomic mass is 79.9. The predicted octanol–water partition coefficient (Wildman–Crippen LogP) is 4.70. The molecule has 1 aliphatic rings. The van der Waals surface area contributed by atoms with E-state index in [9.17, 15) is 0 Å². The monoisotopic (exact) mass is 339 g/mol. The summed E-state index contributed by atoms with van der Waals surface area (Å²) >= 11 is 3.55. The Morgan fingerprint density at radius 2 is 2.25 bits per heavy atom. The first-order valence-corrected chi connectivity index (χ1v) is 8.57. The van der Waals surface area contributed by atoms with Gasteiger partial charge in [0.05, 0.1) is 12.2 Å². The fourth-order valence-corrected chi connectivity index (χ4v) is 3.52. The first-order chi connectivity index (χ1) is 9.72. The molecule has 0 radical (unpaired) electrons. The quantitative estimate of drug-likeness (QED) is 0.811. The maximum atomic E-state index is 6.42. The Balaban J connectivity index is 2.01. The molecular weight excluding hydrogens is 314 g/mol. The highest BCUT2D eigenvalue weighted by molar-refractivity contribution is 9.10. The zero-order chi connectivity index (χ0) is 14.4. The summed E-state index contributed by atoms with van der Waals surface area (Å²) in [6.45, 7) is 3.16. The molecule has 3 unspecified atom stereocenters. The second-order valence-electron chi connectivity index (χ2n) is 5.80. The highest BCUT2D eigenvalue weighted by Crippen LogP contribution is 2.32. The van der Waals surface area contributed by atoms with Crippen molar-refractivity contribution in [2.75, 3.05) is 13.6 Å². The molecule has 0 heterocycles. The number of benzene rings is 1. The first-order valence-electron chi connectivity index (χ1n) is 7.78. The highest BCUT2D eigenvalue weighted by Gasteiger charge is 2.24. The molecule has 3 atom stereocenters. The van der Waals surface area contributed by atoms with E-state index in [-0.39, 0.29) is 6.10 Å². The summed E-state index contributed by atoms with van der Waals surface area (Å²) in [6, 6.07) is 8.48. The lowest BCUT2D eigenvalue weighted by molar-refractivity contribution is -0.0408. The standard InChI is InChI=1S/C17H26BrNO/c1-3-13-6-4-9-16(10-13)20-17(12-19-2)14-7-5-8-15(18)11-14/h5,7-8,11,13,16-17,19H,3-4,6,9-10,12H2,1-2H3. The smallest absolute Gasteiger partial charge is 0.0953 e. The molecule has 0 amide bonds. The Hall–Kier alpha value is -0.380. The van der Waals surface area contributed by atoms with E-state index >= 15 is 0 Å². The second kappa shape index (κ2) is 8.16. The van der Waals surface area contributed by atoms with Crippen LogP contribution in [-0.2, 0) is 4.74 Å². The summed E-state index contributed by atoms with van der Waals surface area (Å²) in [4.78, 5) is 0. The van der Waals surface area contributed by atoms with Crippen molar-refractivity contribution < 1.29 is 4.74 Å². The third kappa shape index (κ3) is 4.57. The molecule has 1 aliphatic carbocycles. The Labute approximate surface area is 131 Å². The lowest BCUT2D eigenvalue weighted by Gasteiger charge is -2.32. The molecular formula is C17H26BrNO. The molecule has 3 heteroatoms. The molecule has 2 nitrogen and oxygen atoms in total. The van der Waals surface area contributed by atoms with Crippen LogP contribution < -0.4 is 5.32 Å². The van der Waals surface area contributed by atoms with Crippen molar-refractivity contribution in [3.8, 4) is 0 Å². The van der Waals surface area contributed by atoms with Gasteiger partial charge in [-0.2, -0.15) is 0 Å². The zero-order valence-corrected chi connectivity index (χ0v) is 14.2. The summed E-state index contributed by atoms with van der Waals surface area (Å²) in [7, 11) is 1.99. The van der Waals surface area contributed by atoms with Crippen molar-refractivity contribution in [3.05, 3.63) is 34.3 Å². The van der Waals surface area contributed by atoms with Crippen molar-refractivity contribution >= 4 is 15.9 Å². The van der Waals surface area contributed by atoms with Crippen LogP contribution in [0, 0.1) is 5.92 Å². The van der Waals surface area contributed by atoms with E-state index in [1.165, 1.54) is 37.7 Å². The van der Waals surface area contributed by atoms with Crippen LogP contribution in [0.25, 0.3) is 0 Å². The Morgan fingerprint density at radius 1 is 1.40 bits per heavy atom. The molecule has 0 aromatic heterocycles. The number of rotatable bonds is 6. The minimum atomic E-state index is 0.151. The SMILES string of the molecule is CCC1CCCC(OC(CNC)c2cccc(Br)c2)C1. The number of nitrogens with one attached hydrogen (secondary N) is 1. The number of hydrogen-bond acceptors (Lipinski definition) is 2. The third-order valence-electron chi connectivity index (χ3n) is 4.28. The Bertz CT molecular complexity index is 410. The maximum absolute atomic E-state index is 6.42. The average molecular weight is 340 g/mol. The van der Waals surface area contributed by atoms with Crippen molar-refractivity contribution in [1.29, 1.82) is 0 Å². The van der Waals surface area contributed by atoms with Gasteiger partial charge < -0.3 is 10.1 Å². The summed E-state index contributed by atoms with van der Waals surface area (Å²) in [5.74, 6) is 0.853. The molecule has 1 aromatic carbocycles. The van der Waals surface area contributed by atoms with Gasteiger partial charge in [-0.1, -0.05) is 54.2 Å². The fourth-order valence-electron chi connectivity index (χ4n) is 3.11. The molecule has 1 N–H and O–H groups in total. The third-order valence-corrected chi connectivity index (χ3v) is 4.77. The van der Waals surface area contributed by atoms with Crippen LogP contribution in [0.1, 0.15) is 50.7 Å². The molecule has 112 valence electrons. The molecule has 0 spiro atoms. The van der Waals surface area contributed by atoms with Gasteiger partial charge in [-0.25, -0.2) is 0 Å². The van der Waals surface area contributed by atoms with Crippen molar-refractivity contribution in [2.24, 2.45) is 5.92 Å². The minimum absolute atomic E-state index is 0.151. The Morgan fingerprint density at radius 3 is 2.95 bits per heavy atom. The second-order valence-corrected chi connectivity index (χ2v) is 6.72. The van der Waals surface area contributed by atoms with Crippen LogP contribution in [0.3, 0.4) is 0 Å². The molecule has 2 rings (SSSR count). The lowest BCUT2D eigenvalue weighted by atomic mass is 9.85. The van der Waals surface area contributed by atoms with Crippen LogP contribution in [0.2, 0.25) is 0 Å². The predicted molar refractivity (Wildman–Crippen MR) is 87.9 cm³/mol. The van der Waals surface area contributed by atoms with Crippen LogP contribution in [0.5, 0.6) is 0 Å². The van der Waals surface area contributed by atoms with Crippen LogP contribution in [0.15, 0.2) is 28.7 Å². The van der Waals surface area contributed by atoms with Gasteiger partial charge in [0.2, 0.25) is 0 Å². The summed E-state index contributed by atoms with van der Waals surface area (Å²) in [5, 5.41) is 3.26. The first kappa shape index (κ1) is 16.0. The van der Waals surface area contributed by atoms with Crippen LogP contribution in [0.4, 0.5) is 0 Å². The van der Waals surface area contributed by atoms with E-state index in [1.807, 2.05) is 7.05 Å². The molecule has 1 fully saturated rings. The van der Waals surface area contributed by atoms with E-state index in [4.69, 9.17) is 4.74 Å². The Kier molecular flexibility index (Phi) is 6.53. The topological polar surface area (TPSA) is 21.3 Å². The molecule has 0 aliphatic heterocycles. The molecule has 1 aromatic rings. The van der Waals surface area contributed by atoms with Gasteiger partial charge in [-0.3, -0.25) is 0 Å². The van der Waals surface area contributed by atoms with Gasteiger partial charge in [0, 0.05) is 11.0 Å². The van der Waals surface area contributed by atoms with Gasteiger partial charge in [0.15, 0.2) is 0 Å². The van der Waals surface area contributed by atoms with Crippen molar-refractivity contribution in [3.63, 3.8) is 0 Å². The number of halogens is 1. The zero-order valence-electron chi connectivity index (χ0n) is 12.6. The number of ether oxygens (including phenoxy) is 1. The van der Waals surface area contributed by atoms with Gasteiger partial charge in [-0.05, 0) is 43.5 Å². The van der Waals surface area contributed by atoms with E-state index in [0.29, 0.717) is 6.10 Å². The van der Waals surface area contributed by atoms with Crippen molar-refractivity contribution in [2.45, 2.75) is 51.2 Å². The van der Waals surface area contributed by atoms with Gasteiger partial charge >= 0.3 is 0 Å². The van der Waals surface area contributed by atoms with Crippen LogP contribution >= 0.6 is 15.9 Å².